The Labute approximate surface area is 132 Å². The summed E-state index contributed by atoms with van der Waals surface area (Å²) in [5, 5.41) is 3.90. The lowest BCUT2D eigenvalue weighted by atomic mass is 9.54. The highest BCUT2D eigenvalue weighted by atomic mass is 15.1. The highest BCUT2D eigenvalue weighted by Gasteiger charge is 2.47. The van der Waals surface area contributed by atoms with Gasteiger partial charge in [0, 0.05) is 13.1 Å². The maximum absolute atomic E-state index is 4.81. The Morgan fingerprint density at radius 1 is 1.05 bits per heavy atom. The van der Waals surface area contributed by atoms with Crippen LogP contribution in [0, 0.1) is 23.7 Å². The molecule has 1 aromatic carbocycles. The lowest BCUT2D eigenvalue weighted by Gasteiger charge is -2.54. The van der Waals surface area contributed by atoms with E-state index in [1.165, 1.54) is 43.4 Å². The minimum atomic E-state index is 0.743. The first-order valence-corrected chi connectivity index (χ1v) is 8.91. The van der Waals surface area contributed by atoms with Crippen LogP contribution in [0.4, 0.5) is 0 Å². The molecule has 0 radical (unpaired) electrons. The molecule has 0 unspecified atom stereocenters. The van der Waals surface area contributed by atoms with Gasteiger partial charge in [-0.3, -0.25) is 0 Å². The van der Waals surface area contributed by atoms with Crippen LogP contribution in [0.15, 0.2) is 24.3 Å². The van der Waals surface area contributed by atoms with E-state index in [4.69, 9.17) is 4.98 Å². The van der Waals surface area contributed by atoms with E-state index in [1.54, 1.807) is 0 Å². The molecule has 0 aliphatic heterocycles. The van der Waals surface area contributed by atoms with Gasteiger partial charge in [0.1, 0.15) is 5.82 Å². The Balaban J connectivity index is 1.35. The predicted molar refractivity (Wildman–Crippen MR) is 88.4 cm³/mol. The van der Waals surface area contributed by atoms with Gasteiger partial charge in [-0.1, -0.05) is 12.1 Å². The van der Waals surface area contributed by atoms with Crippen molar-refractivity contribution in [2.75, 3.05) is 0 Å². The fourth-order valence-electron chi connectivity index (χ4n) is 5.82. The maximum Gasteiger partial charge on any atom is 0.123 e. The molecule has 4 fully saturated rings. The zero-order valence-electron chi connectivity index (χ0n) is 13.3. The summed E-state index contributed by atoms with van der Waals surface area (Å²) in [6.45, 7) is 0.915. The van der Waals surface area contributed by atoms with Gasteiger partial charge in [0.05, 0.1) is 17.6 Å². The first-order valence-electron chi connectivity index (χ1n) is 8.91. The second kappa shape index (κ2) is 4.82. The third kappa shape index (κ3) is 1.95. The van der Waals surface area contributed by atoms with Crippen LogP contribution < -0.4 is 5.32 Å². The van der Waals surface area contributed by atoms with E-state index < -0.39 is 0 Å². The smallest absolute Gasteiger partial charge is 0.123 e. The molecule has 3 nitrogen and oxygen atoms in total. The topological polar surface area (TPSA) is 29.9 Å². The quantitative estimate of drug-likeness (QED) is 0.939. The number of aryl methyl sites for hydroxylation is 1. The van der Waals surface area contributed by atoms with Crippen LogP contribution in [0.25, 0.3) is 11.0 Å². The molecule has 6 rings (SSSR count). The Morgan fingerprint density at radius 3 is 2.41 bits per heavy atom. The molecule has 1 N–H and O–H groups in total. The average molecular weight is 295 g/mol. The first kappa shape index (κ1) is 13.1. The number of nitrogens with one attached hydrogen (secondary N) is 1. The summed E-state index contributed by atoms with van der Waals surface area (Å²) in [6.07, 6.45) is 7.45. The molecule has 4 aliphatic rings. The van der Waals surface area contributed by atoms with Gasteiger partial charge in [0.25, 0.3) is 0 Å². The summed E-state index contributed by atoms with van der Waals surface area (Å²) < 4.78 is 2.25. The molecule has 4 saturated carbocycles. The number of hydrogen-bond acceptors (Lipinski definition) is 2. The monoisotopic (exact) mass is 295 g/mol. The number of nitrogens with zero attached hydrogens (tertiary/aromatic N) is 2. The number of rotatable bonds is 3. The van der Waals surface area contributed by atoms with Gasteiger partial charge < -0.3 is 9.88 Å². The van der Waals surface area contributed by atoms with E-state index in [1.807, 2.05) is 0 Å². The van der Waals surface area contributed by atoms with Gasteiger partial charge >= 0.3 is 0 Å². The zero-order chi connectivity index (χ0) is 14.7. The molecule has 22 heavy (non-hydrogen) atoms. The van der Waals surface area contributed by atoms with Crippen molar-refractivity contribution in [3.63, 3.8) is 0 Å². The van der Waals surface area contributed by atoms with Gasteiger partial charge in [-0.05, 0) is 67.9 Å². The number of benzene rings is 1. The van der Waals surface area contributed by atoms with E-state index >= 15 is 0 Å². The van der Waals surface area contributed by atoms with E-state index in [0.717, 1.165) is 41.8 Å². The van der Waals surface area contributed by atoms with E-state index in [2.05, 4.69) is 41.2 Å². The first-order chi connectivity index (χ1) is 10.8. The molecule has 1 aromatic heterocycles. The lowest BCUT2D eigenvalue weighted by molar-refractivity contribution is -0.0145. The molecule has 0 atom stereocenters. The summed E-state index contributed by atoms with van der Waals surface area (Å²) in [5.74, 6) is 5.15. The van der Waals surface area contributed by atoms with Crippen LogP contribution in [-0.2, 0) is 13.6 Å². The van der Waals surface area contributed by atoms with Crippen molar-refractivity contribution in [1.82, 2.24) is 14.9 Å². The molecule has 1 heterocycles. The summed E-state index contributed by atoms with van der Waals surface area (Å²) in [6, 6.07) is 9.19. The van der Waals surface area contributed by atoms with Crippen LogP contribution >= 0.6 is 0 Å². The second-order valence-corrected chi connectivity index (χ2v) is 7.91. The normalized spacial score (nSPS) is 36.3. The number of aromatic nitrogens is 2. The molecule has 2 aromatic rings. The molecular weight excluding hydrogens is 270 g/mol. The standard InChI is InChI=1S/C19H25N3/c1-22-17-5-3-2-4-16(17)21-18(22)11-20-19-14-7-12-6-13(9-14)10-15(19)8-12/h2-5,12-15,19-20H,6-11H2,1H3. The van der Waals surface area contributed by atoms with E-state index in [0.29, 0.717) is 0 Å². The van der Waals surface area contributed by atoms with Crippen molar-refractivity contribution < 1.29 is 0 Å². The molecule has 0 amide bonds. The summed E-state index contributed by atoms with van der Waals surface area (Å²) in [4.78, 5) is 4.81. The van der Waals surface area contributed by atoms with Crippen molar-refractivity contribution >= 4 is 11.0 Å². The highest BCUT2D eigenvalue weighted by molar-refractivity contribution is 5.75. The molecule has 116 valence electrons. The van der Waals surface area contributed by atoms with Gasteiger partial charge in [0.15, 0.2) is 0 Å². The van der Waals surface area contributed by atoms with Gasteiger partial charge in [-0.15, -0.1) is 0 Å². The number of fused-ring (bicyclic) bond motifs is 1. The van der Waals surface area contributed by atoms with Crippen LogP contribution in [-0.4, -0.2) is 15.6 Å². The Hall–Kier alpha value is -1.35. The molecule has 0 spiro atoms. The maximum atomic E-state index is 4.81. The average Bonchev–Trinajstić information content (AvgIpc) is 2.83. The number of para-hydroxylation sites is 2. The second-order valence-electron chi connectivity index (χ2n) is 7.91. The number of imidazole rings is 1. The van der Waals surface area contributed by atoms with Crippen LogP contribution in [0.1, 0.15) is 37.9 Å². The third-order valence-electron chi connectivity index (χ3n) is 6.60. The van der Waals surface area contributed by atoms with Crippen molar-refractivity contribution in [3.8, 4) is 0 Å². The molecular formula is C19H25N3. The fraction of sp³-hybridized carbons (Fsp3) is 0.632. The van der Waals surface area contributed by atoms with Crippen LogP contribution in [0.5, 0.6) is 0 Å². The summed E-state index contributed by atoms with van der Waals surface area (Å²) in [7, 11) is 2.14. The van der Waals surface area contributed by atoms with Crippen molar-refractivity contribution in [2.45, 2.75) is 44.7 Å². The predicted octanol–water partition coefficient (Wildman–Crippen LogP) is 3.49. The van der Waals surface area contributed by atoms with Crippen molar-refractivity contribution in [1.29, 1.82) is 0 Å². The van der Waals surface area contributed by atoms with Crippen molar-refractivity contribution in [2.24, 2.45) is 30.7 Å². The third-order valence-corrected chi connectivity index (χ3v) is 6.60. The zero-order valence-corrected chi connectivity index (χ0v) is 13.3. The molecule has 4 bridgehead atoms. The summed E-state index contributed by atoms with van der Waals surface area (Å²) >= 11 is 0. The van der Waals surface area contributed by atoms with Crippen LogP contribution in [0.2, 0.25) is 0 Å². The Bertz CT molecular complexity index is 674. The minimum absolute atomic E-state index is 0.743. The Kier molecular flexibility index (Phi) is 2.88. The van der Waals surface area contributed by atoms with E-state index in [-0.39, 0.29) is 0 Å². The van der Waals surface area contributed by atoms with Crippen molar-refractivity contribution in [3.05, 3.63) is 30.1 Å². The Morgan fingerprint density at radius 2 is 1.73 bits per heavy atom. The van der Waals surface area contributed by atoms with Gasteiger partial charge in [-0.2, -0.15) is 0 Å². The fourth-order valence-corrected chi connectivity index (χ4v) is 5.82. The molecule has 3 heteroatoms. The summed E-state index contributed by atoms with van der Waals surface area (Å²) in [5.41, 5.74) is 2.36. The minimum Gasteiger partial charge on any atom is -0.330 e. The molecule has 4 aliphatic carbocycles. The van der Waals surface area contributed by atoms with Gasteiger partial charge in [0.2, 0.25) is 0 Å². The SMILES string of the molecule is Cn1c(CNC2C3CC4CC(C3)CC2C4)nc2ccccc21. The highest BCUT2D eigenvalue weighted by Crippen LogP contribution is 2.53. The lowest BCUT2D eigenvalue weighted by Crippen LogP contribution is -2.54. The van der Waals surface area contributed by atoms with E-state index in [9.17, 15) is 0 Å². The number of hydrogen-bond donors (Lipinski definition) is 1. The largest absolute Gasteiger partial charge is 0.330 e. The van der Waals surface area contributed by atoms with Crippen LogP contribution in [0.3, 0.4) is 0 Å². The van der Waals surface area contributed by atoms with Gasteiger partial charge in [-0.25, -0.2) is 4.98 Å². The molecule has 0 saturated heterocycles.